The number of hydrogen-bond donors (Lipinski definition) is 0. The Labute approximate surface area is 165 Å². The fourth-order valence-electron chi connectivity index (χ4n) is 3.22. The van der Waals surface area contributed by atoms with Crippen molar-refractivity contribution in [1.29, 1.82) is 0 Å². The molecule has 0 atom stereocenters. The van der Waals surface area contributed by atoms with E-state index in [1.54, 1.807) is 29.3 Å². The first-order chi connectivity index (χ1) is 13.8. The lowest BCUT2D eigenvalue weighted by molar-refractivity contribution is -0.137. The van der Waals surface area contributed by atoms with Crippen molar-refractivity contribution >= 4 is 5.91 Å². The second kappa shape index (κ2) is 7.35. The van der Waals surface area contributed by atoms with Crippen LogP contribution in [0.3, 0.4) is 0 Å². The van der Waals surface area contributed by atoms with Crippen LogP contribution in [0.1, 0.15) is 35.2 Å². The van der Waals surface area contributed by atoms with Gasteiger partial charge in [-0.05, 0) is 49.6 Å². The Hall–Kier alpha value is -3.16. The monoisotopic (exact) mass is 400 g/mol. The van der Waals surface area contributed by atoms with E-state index in [9.17, 15) is 18.0 Å². The van der Waals surface area contributed by atoms with Gasteiger partial charge in [-0.1, -0.05) is 12.1 Å². The van der Waals surface area contributed by atoms with Gasteiger partial charge in [0.2, 0.25) is 0 Å². The van der Waals surface area contributed by atoms with Crippen molar-refractivity contribution in [2.75, 3.05) is 7.05 Å². The first-order valence-corrected chi connectivity index (χ1v) is 9.30. The first-order valence-electron chi connectivity index (χ1n) is 9.30. The van der Waals surface area contributed by atoms with Gasteiger partial charge in [0.05, 0.1) is 11.3 Å². The van der Waals surface area contributed by atoms with Gasteiger partial charge in [-0.25, -0.2) is 9.67 Å². The molecule has 1 aliphatic carbocycles. The molecule has 0 aliphatic heterocycles. The zero-order chi connectivity index (χ0) is 20.6. The van der Waals surface area contributed by atoms with Crippen molar-refractivity contribution in [3.05, 3.63) is 66.0 Å². The van der Waals surface area contributed by atoms with Crippen LogP contribution >= 0.6 is 0 Å². The zero-order valence-electron chi connectivity index (χ0n) is 15.7. The Balaban J connectivity index is 1.50. The molecule has 29 heavy (non-hydrogen) atoms. The lowest BCUT2D eigenvalue weighted by Crippen LogP contribution is -2.41. The molecule has 1 fully saturated rings. The molecule has 4 rings (SSSR count). The number of carbonyl (C=O) groups excluding carboxylic acids is 1. The average molecular weight is 400 g/mol. The molecular weight excluding hydrogens is 381 g/mol. The van der Waals surface area contributed by atoms with Crippen LogP contribution < -0.4 is 0 Å². The number of alkyl halides is 3. The van der Waals surface area contributed by atoms with Gasteiger partial charge < -0.3 is 4.90 Å². The van der Waals surface area contributed by atoms with E-state index in [1.165, 1.54) is 10.7 Å². The molecule has 150 valence electrons. The molecule has 2 aromatic heterocycles. The topological polar surface area (TPSA) is 51.0 Å². The van der Waals surface area contributed by atoms with E-state index in [0.717, 1.165) is 37.1 Å². The van der Waals surface area contributed by atoms with Crippen molar-refractivity contribution in [3.8, 4) is 17.1 Å². The highest BCUT2D eigenvalue weighted by Crippen LogP contribution is 2.29. The van der Waals surface area contributed by atoms with E-state index in [0.29, 0.717) is 17.3 Å². The minimum atomic E-state index is -4.42. The summed E-state index contributed by atoms with van der Waals surface area (Å²) in [6.45, 7) is 0. The predicted molar refractivity (Wildman–Crippen MR) is 102 cm³/mol. The fourth-order valence-corrected chi connectivity index (χ4v) is 3.22. The summed E-state index contributed by atoms with van der Waals surface area (Å²) in [4.78, 5) is 18.2. The van der Waals surface area contributed by atoms with Crippen molar-refractivity contribution in [1.82, 2.24) is 19.7 Å². The van der Waals surface area contributed by atoms with Gasteiger partial charge in [0, 0.05) is 36.6 Å². The molecule has 0 spiro atoms. The molecule has 0 saturated heterocycles. The number of aromatic nitrogens is 3. The average Bonchev–Trinajstić information content (AvgIpc) is 3.16. The van der Waals surface area contributed by atoms with Crippen molar-refractivity contribution in [2.45, 2.75) is 31.5 Å². The third-order valence-corrected chi connectivity index (χ3v) is 5.27. The quantitative estimate of drug-likeness (QED) is 0.644. The lowest BCUT2D eigenvalue weighted by atomic mass is 9.91. The molecule has 5 nitrogen and oxygen atoms in total. The van der Waals surface area contributed by atoms with E-state index in [2.05, 4.69) is 10.1 Å². The van der Waals surface area contributed by atoms with Crippen LogP contribution in [0, 0.1) is 0 Å². The minimum absolute atomic E-state index is 0.000679. The Morgan fingerprint density at radius 3 is 2.38 bits per heavy atom. The third-order valence-electron chi connectivity index (χ3n) is 5.27. The predicted octanol–water partition coefficient (Wildman–Crippen LogP) is 4.58. The van der Waals surface area contributed by atoms with Gasteiger partial charge >= 0.3 is 6.18 Å². The number of carbonyl (C=O) groups is 1. The number of halogens is 3. The Bertz CT molecular complexity index is 1010. The lowest BCUT2D eigenvalue weighted by Gasteiger charge is -2.34. The summed E-state index contributed by atoms with van der Waals surface area (Å²) in [5, 5.41) is 4.38. The summed E-state index contributed by atoms with van der Waals surface area (Å²) in [6, 6.07) is 11.5. The molecule has 1 aliphatic rings. The Morgan fingerprint density at radius 2 is 1.83 bits per heavy atom. The summed E-state index contributed by atoms with van der Waals surface area (Å²) in [5.41, 5.74) is 1.25. The third kappa shape index (κ3) is 3.87. The maximum absolute atomic E-state index is 12.7. The molecular formula is C21H19F3N4O. The Kier molecular flexibility index (Phi) is 4.86. The fraction of sp³-hybridized carbons (Fsp3) is 0.286. The second-order valence-corrected chi connectivity index (χ2v) is 7.13. The molecule has 1 amide bonds. The molecule has 0 bridgehead atoms. The number of nitrogens with zero attached hydrogens (tertiary/aromatic N) is 4. The maximum Gasteiger partial charge on any atom is 0.417 e. The highest BCUT2D eigenvalue weighted by molar-refractivity contribution is 5.94. The minimum Gasteiger partial charge on any atom is -0.339 e. The molecule has 0 radical (unpaired) electrons. The second-order valence-electron chi connectivity index (χ2n) is 7.13. The van der Waals surface area contributed by atoms with Crippen molar-refractivity contribution in [3.63, 3.8) is 0 Å². The SMILES string of the molecule is CN(C(=O)c1ccc(-c2ccn(-c3ccc(C(F)(F)F)cn3)n2)cc1)C1CCC1. The van der Waals surface area contributed by atoms with Crippen molar-refractivity contribution < 1.29 is 18.0 Å². The van der Waals surface area contributed by atoms with Crippen LogP contribution in [0.2, 0.25) is 0 Å². The molecule has 8 heteroatoms. The van der Waals surface area contributed by atoms with E-state index >= 15 is 0 Å². The van der Waals surface area contributed by atoms with Crippen LogP contribution in [0.5, 0.6) is 0 Å². The smallest absolute Gasteiger partial charge is 0.339 e. The van der Waals surface area contributed by atoms with E-state index in [-0.39, 0.29) is 11.7 Å². The first kappa shape index (κ1) is 19.2. The summed E-state index contributed by atoms with van der Waals surface area (Å²) in [7, 11) is 1.83. The number of pyridine rings is 1. The summed E-state index contributed by atoms with van der Waals surface area (Å²) >= 11 is 0. The zero-order valence-corrected chi connectivity index (χ0v) is 15.7. The molecule has 1 saturated carbocycles. The number of amides is 1. The van der Waals surface area contributed by atoms with Gasteiger partial charge in [0.1, 0.15) is 0 Å². The van der Waals surface area contributed by atoms with Gasteiger partial charge in [0.25, 0.3) is 5.91 Å². The summed E-state index contributed by atoms with van der Waals surface area (Å²) in [6.07, 6.45) is 1.26. The van der Waals surface area contributed by atoms with E-state index < -0.39 is 11.7 Å². The number of hydrogen-bond acceptors (Lipinski definition) is 3. The number of benzene rings is 1. The maximum atomic E-state index is 12.7. The van der Waals surface area contributed by atoms with Crippen LogP contribution in [0.15, 0.2) is 54.9 Å². The molecule has 3 aromatic rings. The highest BCUT2D eigenvalue weighted by Gasteiger charge is 2.30. The largest absolute Gasteiger partial charge is 0.417 e. The Morgan fingerprint density at radius 1 is 1.10 bits per heavy atom. The van der Waals surface area contributed by atoms with Crippen LogP contribution in [-0.2, 0) is 6.18 Å². The van der Waals surface area contributed by atoms with E-state index in [4.69, 9.17) is 0 Å². The van der Waals surface area contributed by atoms with Gasteiger partial charge in [-0.2, -0.15) is 18.3 Å². The van der Waals surface area contributed by atoms with Gasteiger partial charge in [-0.3, -0.25) is 4.79 Å². The van der Waals surface area contributed by atoms with Gasteiger partial charge in [0.15, 0.2) is 5.82 Å². The van der Waals surface area contributed by atoms with Crippen LogP contribution in [0.25, 0.3) is 17.1 Å². The van der Waals surface area contributed by atoms with Crippen molar-refractivity contribution in [2.24, 2.45) is 0 Å². The summed E-state index contributed by atoms with van der Waals surface area (Å²) in [5.74, 6) is 0.291. The molecule has 0 N–H and O–H groups in total. The molecule has 0 unspecified atom stereocenters. The highest BCUT2D eigenvalue weighted by atomic mass is 19.4. The number of rotatable bonds is 4. The van der Waals surface area contributed by atoms with E-state index in [1.807, 2.05) is 19.2 Å². The van der Waals surface area contributed by atoms with Crippen LogP contribution in [0.4, 0.5) is 13.2 Å². The standard InChI is InChI=1S/C21H19F3N4O/c1-27(17-3-2-4-17)20(29)15-7-5-14(6-8-15)18-11-12-28(26-18)19-10-9-16(13-25-19)21(22,23)24/h5-13,17H,2-4H2,1H3. The van der Waals surface area contributed by atoms with Gasteiger partial charge in [-0.15, -0.1) is 0 Å². The normalized spacial score (nSPS) is 14.5. The molecule has 1 aromatic carbocycles. The molecule has 2 heterocycles. The summed E-state index contributed by atoms with van der Waals surface area (Å²) < 4.78 is 39.4. The van der Waals surface area contributed by atoms with Crippen LogP contribution in [-0.4, -0.2) is 38.7 Å².